The fourth-order valence-corrected chi connectivity index (χ4v) is 2.56. The summed E-state index contributed by atoms with van der Waals surface area (Å²) in [6.07, 6.45) is 1.08. The number of ether oxygens (including phenoxy) is 4. The van der Waals surface area contributed by atoms with Gasteiger partial charge in [-0.1, -0.05) is 0 Å². The molecule has 0 radical (unpaired) electrons. The van der Waals surface area contributed by atoms with Crippen LogP contribution in [0.2, 0.25) is 0 Å². The molecule has 1 aliphatic carbocycles. The van der Waals surface area contributed by atoms with Crippen molar-refractivity contribution in [2.45, 2.75) is 51.1 Å². The van der Waals surface area contributed by atoms with E-state index in [1.54, 1.807) is 6.92 Å². The molecule has 1 saturated heterocycles. The number of esters is 3. The van der Waals surface area contributed by atoms with Crippen molar-refractivity contribution in [2.75, 3.05) is 6.61 Å². The molecule has 120 valence electrons. The zero-order chi connectivity index (χ0) is 15.9. The molecule has 7 heteroatoms. The molecule has 22 heavy (non-hydrogen) atoms. The second-order valence-electron chi connectivity index (χ2n) is 6.18. The number of carbonyl (C=O) groups excluding carboxylic acids is 3. The molecule has 0 aromatic heterocycles. The van der Waals surface area contributed by atoms with Gasteiger partial charge in [0.25, 0.3) is 0 Å². The molecule has 4 atom stereocenters. The molecule has 2 unspecified atom stereocenters. The van der Waals surface area contributed by atoms with Crippen molar-refractivity contribution in [3.63, 3.8) is 0 Å². The van der Waals surface area contributed by atoms with Crippen molar-refractivity contribution >= 4 is 17.9 Å². The van der Waals surface area contributed by atoms with E-state index < -0.39 is 41.8 Å². The molecule has 2 fully saturated rings. The standard InChI is InChI=1S/C15H18O7/c1-8-12-13(22-11(17)4-3-10(16)21-12)9(20-8)7-19-14(18)15(2)5-6-15/h3-4,8-9,12-13H,5-7H2,1-2H3/b4-3-/t8-,9+,12?,13?/m0/s1. The number of hydrogen-bond donors (Lipinski definition) is 0. The highest BCUT2D eigenvalue weighted by Crippen LogP contribution is 2.46. The third-order valence-corrected chi connectivity index (χ3v) is 4.27. The molecule has 0 bridgehead atoms. The van der Waals surface area contributed by atoms with Gasteiger partial charge in [0.2, 0.25) is 0 Å². The van der Waals surface area contributed by atoms with Gasteiger partial charge >= 0.3 is 17.9 Å². The van der Waals surface area contributed by atoms with Gasteiger partial charge in [-0.2, -0.15) is 0 Å². The predicted octanol–water partition coefficient (Wildman–Crippen LogP) is 0.510. The number of hydrogen-bond acceptors (Lipinski definition) is 7. The summed E-state index contributed by atoms with van der Waals surface area (Å²) in [5, 5.41) is 0. The molecule has 0 amide bonds. The lowest BCUT2D eigenvalue weighted by Crippen LogP contribution is -2.42. The van der Waals surface area contributed by atoms with Crippen LogP contribution in [0.5, 0.6) is 0 Å². The van der Waals surface area contributed by atoms with Crippen molar-refractivity contribution in [1.29, 1.82) is 0 Å². The van der Waals surface area contributed by atoms with Crippen LogP contribution in [0.1, 0.15) is 26.7 Å². The Kier molecular flexibility index (Phi) is 3.68. The first-order valence-corrected chi connectivity index (χ1v) is 7.31. The first-order chi connectivity index (χ1) is 10.4. The van der Waals surface area contributed by atoms with Gasteiger partial charge in [-0.05, 0) is 26.7 Å². The second kappa shape index (κ2) is 5.39. The highest BCUT2D eigenvalue weighted by molar-refractivity contribution is 5.92. The van der Waals surface area contributed by atoms with Crippen LogP contribution in [0.4, 0.5) is 0 Å². The molecular weight excluding hydrogens is 292 g/mol. The molecule has 7 nitrogen and oxygen atoms in total. The number of fused-ring (bicyclic) bond motifs is 1. The van der Waals surface area contributed by atoms with Crippen LogP contribution in [-0.4, -0.2) is 48.9 Å². The average Bonchev–Trinajstić information content (AvgIpc) is 3.15. The normalized spacial score (nSPS) is 37.2. The second-order valence-corrected chi connectivity index (χ2v) is 6.18. The summed E-state index contributed by atoms with van der Waals surface area (Å²) >= 11 is 0. The topological polar surface area (TPSA) is 88.1 Å². The summed E-state index contributed by atoms with van der Waals surface area (Å²) in [5.41, 5.74) is -0.392. The summed E-state index contributed by atoms with van der Waals surface area (Å²) in [5.74, 6) is -1.54. The van der Waals surface area contributed by atoms with Crippen molar-refractivity contribution in [1.82, 2.24) is 0 Å². The predicted molar refractivity (Wildman–Crippen MR) is 71.5 cm³/mol. The smallest absolute Gasteiger partial charge is 0.331 e. The highest BCUT2D eigenvalue weighted by atomic mass is 16.6. The summed E-state index contributed by atoms with van der Waals surface area (Å²) in [4.78, 5) is 35.0. The zero-order valence-corrected chi connectivity index (χ0v) is 12.4. The molecule has 0 spiro atoms. The Labute approximate surface area is 127 Å². The van der Waals surface area contributed by atoms with Gasteiger partial charge < -0.3 is 18.9 Å². The fraction of sp³-hybridized carbons (Fsp3) is 0.667. The summed E-state index contributed by atoms with van der Waals surface area (Å²) in [6, 6.07) is 0. The van der Waals surface area contributed by atoms with E-state index in [0.29, 0.717) is 0 Å². The van der Waals surface area contributed by atoms with E-state index in [-0.39, 0.29) is 12.6 Å². The van der Waals surface area contributed by atoms with E-state index in [2.05, 4.69) is 0 Å². The maximum Gasteiger partial charge on any atom is 0.331 e. The fourth-order valence-electron chi connectivity index (χ4n) is 2.56. The van der Waals surface area contributed by atoms with Gasteiger partial charge in [-0.15, -0.1) is 0 Å². The number of rotatable bonds is 3. The lowest BCUT2D eigenvalue weighted by molar-refractivity contribution is -0.165. The Balaban J connectivity index is 1.67. The van der Waals surface area contributed by atoms with Gasteiger partial charge in [-0.25, -0.2) is 9.59 Å². The molecule has 0 aromatic carbocycles. The van der Waals surface area contributed by atoms with Crippen molar-refractivity contribution in [3.05, 3.63) is 12.2 Å². The van der Waals surface area contributed by atoms with Gasteiger partial charge in [0.1, 0.15) is 12.7 Å². The van der Waals surface area contributed by atoms with E-state index in [0.717, 1.165) is 25.0 Å². The van der Waals surface area contributed by atoms with E-state index in [1.807, 2.05) is 6.92 Å². The Morgan fingerprint density at radius 1 is 1.23 bits per heavy atom. The third-order valence-electron chi connectivity index (χ3n) is 4.27. The van der Waals surface area contributed by atoms with Crippen molar-refractivity contribution in [3.8, 4) is 0 Å². The quantitative estimate of drug-likeness (QED) is 0.554. The van der Waals surface area contributed by atoms with Gasteiger partial charge in [-0.3, -0.25) is 4.79 Å². The maximum atomic E-state index is 11.9. The largest absolute Gasteiger partial charge is 0.462 e. The summed E-state index contributed by atoms with van der Waals surface area (Å²) < 4.78 is 21.4. The first-order valence-electron chi connectivity index (χ1n) is 7.31. The van der Waals surface area contributed by atoms with Crippen LogP contribution in [0, 0.1) is 5.41 Å². The van der Waals surface area contributed by atoms with Gasteiger partial charge in [0, 0.05) is 12.2 Å². The van der Waals surface area contributed by atoms with Crippen LogP contribution in [0.25, 0.3) is 0 Å². The van der Waals surface area contributed by atoms with E-state index >= 15 is 0 Å². The lowest BCUT2D eigenvalue weighted by Gasteiger charge is -2.24. The minimum Gasteiger partial charge on any atom is -0.462 e. The Morgan fingerprint density at radius 3 is 2.41 bits per heavy atom. The van der Waals surface area contributed by atoms with Gasteiger partial charge in [0.05, 0.1) is 11.5 Å². The zero-order valence-electron chi connectivity index (χ0n) is 12.4. The highest BCUT2D eigenvalue weighted by Gasteiger charge is 2.50. The monoisotopic (exact) mass is 310 g/mol. The van der Waals surface area contributed by atoms with E-state index in [1.165, 1.54) is 0 Å². The molecule has 0 aromatic rings. The summed E-state index contributed by atoms with van der Waals surface area (Å²) in [7, 11) is 0. The minimum atomic E-state index is -0.781. The number of carbonyl (C=O) groups is 3. The first kappa shape index (κ1) is 15.0. The lowest BCUT2D eigenvalue weighted by atomic mass is 10.1. The molecule has 2 heterocycles. The Morgan fingerprint density at radius 2 is 1.82 bits per heavy atom. The average molecular weight is 310 g/mol. The van der Waals surface area contributed by atoms with E-state index in [4.69, 9.17) is 18.9 Å². The molecular formula is C15H18O7. The van der Waals surface area contributed by atoms with Crippen LogP contribution < -0.4 is 0 Å². The Bertz CT molecular complexity index is 534. The third kappa shape index (κ3) is 2.85. The van der Waals surface area contributed by atoms with Crippen molar-refractivity contribution < 1.29 is 33.3 Å². The SMILES string of the molecule is C[C@@H]1O[C@H](COC(=O)C2(C)CC2)C2OC(=O)/C=C\C(=O)OC21. The van der Waals surface area contributed by atoms with Crippen molar-refractivity contribution in [2.24, 2.45) is 5.41 Å². The molecule has 1 saturated carbocycles. The molecule has 0 N–H and O–H groups in total. The molecule has 3 aliphatic rings. The molecule has 3 rings (SSSR count). The Hall–Kier alpha value is -1.89. The summed E-state index contributed by atoms with van der Waals surface area (Å²) in [6.45, 7) is 3.53. The maximum absolute atomic E-state index is 11.9. The molecule has 2 aliphatic heterocycles. The van der Waals surface area contributed by atoms with Gasteiger partial charge in [0.15, 0.2) is 12.2 Å². The van der Waals surface area contributed by atoms with Crippen LogP contribution >= 0.6 is 0 Å². The van der Waals surface area contributed by atoms with Crippen LogP contribution in [0.3, 0.4) is 0 Å². The van der Waals surface area contributed by atoms with Crippen LogP contribution in [-0.2, 0) is 33.3 Å². The van der Waals surface area contributed by atoms with E-state index in [9.17, 15) is 14.4 Å². The minimum absolute atomic E-state index is 0.0333. The van der Waals surface area contributed by atoms with Crippen LogP contribution in [0.15, 0.2) is 12.2 Å².